The molecule has 0 aromatic carbocycles. The molecule has 0 unspecified atom stereocenters. The minimum atomic E-state index is -0.904. The minimum absolute atomic E-state index is 0.305. The second-order valence-corrected chi connectivity index (χ2v) is 2.65. The van der Waals surface area contributed by atoms with Gasteiger partial charge in [-0.1, -0.05) is 0 Å². The van der Waals surface area contributed by atoms with Crippen molar-refractivity contribution < 1.29 is 14.4 Å². The van der Waals surface area contributed by atoms with Crippen LogP contribution in [-0.4, -0.2) is 29.2 Å². The third-order valence-electron chi connectivity index (χ3n) is 1.69. The van der Waals surface area contributed by atoms with Gasteiger partial charge in [0.1, 0.15) is 6.54 Å². The third-order valence-corrected chi connectivity index (χ3v) is 1.69. The molecule has 5 nitrogen and oxygen atoms in total. The number of rotatable bonds is 2. The maximum absolute atomic E-state index is 11.0. The fourth-order valence-corrected chi connectivity index (χ4v) is 1.12. The molecule has 0 saturated carbocycles. The summed E-state index contributed by atoms with van der Waals surface area (Å²) in [6.07, 6.45) is 1.17. The number of likely N-dealkylation sites (tertiary alicyclic amines) is 1. The van der Waals surface area contributed by atoms with E-state index in [0.717, 1.165) is 4.90 Å². The predicted molar refractivity (Wildman–Crippen MR) is 38.7 cm³/mol. The van der Waals surface area contributed by atoms with E-state index >= 15 is 0 Å². The van der Waals surface area contributed by atoms with Gasteiger partial charge in [-0.15, -0.1) is 0 Å². The minimum Gasteiger partial charge on any atom is -0.274 e. The molecule has 0 bridgehead atoms. The smallest absolute Gasteiger partial charge is 0.258 e. The van der Waals surface area contributed by atoms with E-state index in [2.05, 4.69) is 0 Å². The summed E-state index contributed by atoms with van der Waals surface area (Å²) in [4.78, 5) is 33.2. The van der Waals surface area contributed by atoms with Crippen LogP contribution in [0, 0.1) is 0 Å². The maximum atomic E-state index is 11.0. The van der Waals surface area contributed by atoms with Crippen molar-refractivity contribution in [2.45, 2.75) is 19.3 Å². The van der Waals surface area contributed by atoms with Crippen LogP contribution in [0.5, 0.6) is 0 Å². The van der Waals surface area contributed by atoms with Gasteiger partial charge in [0.05, 0.1) is 0 Å². The highest BCUT2D eigenvalue weighted by molar-refractivity contribution is 6.00. The highest BCUT2D eigenvalue weighted by Crippen LogP contribution is 2.11. The first-order valence-electron chi connectivity index (χ1n) is 3.69. The van der Waals surface area contributed by atoms with E-state index < -0.39 is 12.5 Å². The average molecular weight is 169 g/mol. The van der Waals surface area contributed by atoms with E-state index in [4.69, 9.17) is 5.73 Å². The number of carbonyl (C=O) groups excluding carboxylic acids is 3. The Morgan fingerprint density at radius 3 is 2.25 bits per heavy atom. The van der Waals surface area contributed by atoms with Crippen LogP contribution in [0.2, 0.25) is 0 Å². The third kappa shape index (κ3) is 1.81. The molecule has 1 fully saturated rings. The number of piperidine rings is 1. The quantitative estimate of drug-likeness (QED) is 0.514. The molecule has 0 atom stereocenters. The van der Waals surface area contributed by atoms with Crippen molar-refractivity contribution in [1.82, 2.24) is 10.6 Å². The normalized spacial score (nSPS) is 18.2. The second kappa shape index (κ2) is 3.34. The van der Waals surface area contributed by atoms with Crippen molar-refractivity contribution in [3.05, 3.63) is 0 Å². The molecule has 5 heteroatoms. The van der Waals surface area contributed by atoms with E-state index in [1.807, 2.05) is 0 Å². The van der Waals surface area contributed by atoms with Crippen LogP contribution >= 0.6 is 0 Å². The molecule has 12 heavy (non-hydrogen) atoms. The van der Waals surface area contributed by atoms with Crippen LogP contribution in [0.25, 0.3) is 0 Å². The molecule has 1 saturated heterocycles. The number of nitrogens with zero attached hydrogens (tertiary/aromatic N) is 1. The lowest BCUT2D eigenvalue weighted by molar-refractivity contribution is -0.150. The van der Waals surface area contributed by atoms with Crippen molar-refractivity contribution in [3.8, 4) is 0 Å². The molecule has 1 aliphatic rings. The van der Waals surface area contributed by atoms with E-state index in [-0.39, 0.29) is 11.8 Å². The Bertz CT molecular complexity index is 221. The van der Waals surface area contributed by atoms with E-state index in [9.17, 15) is 14.4 Å². The number of hydrogen-bond acceptors (Lipinski definition) is 3. The summed E-state index contributed by atoms with van der Waals surface area (Å²) in [6.45, 7) is -0.391. The van der Waals surface area contributed by atoms with Crippen LogP contribution in [-0.2, 0) is 14.4 Å². The van der Waals surface area contributed by atoms with Crippen molar-refractivity contribution in [1.29, 1.82) is 0 Å². The number of carbonyl (C=O) groups is 3. The monoisotopic (exact) mass is 169 g/mol. The fraction of sp³-hybridized carbons (Fsp3) is 0.571. The molecule has 1 N–H and O–H groups in total. The first-order chi connectivity index (χ1) is 5.61. The van der Waals surface area contributed by atoms with Gasteiger partial charge in [0.2, 0.25) is 11.8 Å². The van der Waals surface area contributed by atoms with Crippen molar-refractivity contribution in [2.75, 3.05) is 6.54 Å². The van der Waals surface area contributed by atoms with Crippen LogP contribution in [0.4, 0.5) is 0 Å². The van der Waals surface area contributed by atoms with Crippen LogP contribution < -0.4 is 5.73 Å². The summed E-state index contributed by atoms with van der Waals surface area (Å²) in [5.41, 5.74) is 6.61. The van der Waals surface area contributed by atoms with Gasteiger partial charge in [0.25, 0.3) is 5.91 Å². The molecule has 3 amide bonds. The molecule has 1 rings (SSSR count). The largest absolute Gasteiger partial charge is 0.274 e. The summed E-state index contributed by atoms with van der Waals surface area (Å²) in [6, 6.07) is 0. The maximum Gasteiger partial charge on any atom is 0.258 e. The zero-order valence-electron chi connectivity index (χ0n) is 6.50. The molecule has 1 radical (unpaired) electrons. The number of imide groups is 1. The van der Waals surface area contributed by atoms with Gasteiger partial charge in [0, 0.05) is 12.8 Å². The molecule has 1 heterocycles. The standard InChI is InChI=1S/C7H9N2O3/c8-5(10)4-9-6(11)2-1-3-7(9)12/h8H,1-4H2. The molecule has 1 aliphatic heterocycles. The van der Waals surface area contributed by atoms with Gasteiger partial charge in [-0.3, -0.25) is 25.0 Å². The second-order valence-electron chi connectivity index (χ2n) is 2.65. The van der Waals surface area contributed by atoms with E-state index in [1.54, 1.807) is 0 Å². The highest BCUT2D eigenvalue weighted by atomic mass is 16.2. The Morgan fingerprint density at radius 1 is 1.33 bits per heavy atom. The molecular weight excluding hydrogens is 160 g/mol. The summed E-state index contributed by atoms with van der Waals surface area (Å²) in [5, 5.41) is 0. The van der Waals surface area contributed by atoms with Gasteiger partial charge >= 0.3 is 0 Å². The predicted octanol–water partition coefficient (Wildman–Crippen LogP) is -0.665. The van der Waals surface area contributed by atoms with Crippen molar-refractivity contribution in [2.24, 2.45) is 0 Å². The lowest BCUT2D eigenvalue weighted by atomic mass is 10.1. The summed E-state index contributed by atoms with van der Waals surface area (Å²) < 4.78 is 0. The van der Waals surface area contributed by atoms with Gasteiger partial charge in [-0.2, -0.15) is 0 Å². The topological polar surface area (TPSA) is 78.2 Å². The lowest BCUT2D eigenvalue weighted by Crippen LogP contribution is -2.43. The SMILES string of the molecule is [NH]C(=O)CN1C(=O)CCCC1=O. The number of nitrogens with one attached hydrogen (secondary N) is 1. The summed E-state index contributed by atoms with van der Waals surface area (Å²) >= 11 is 0. The Labute approximate surface area is 69.5 Å². The van der Waals surface area contributed by atoms with Gasteiger partial charge in [-0.25, -0.2) is 0 Å². The Hall–Kier alpha value is -1.39. The Balaban J connectivity index is 2.63. The molecule has 0 aromatic rings. The van der Waals surface area contributed by atoms with Gasteiger partial charge < -0.3 is 0 Å². The molecular formula is C7H9N2O3. The molecule has 0 spiro atoms. The lowest BCUT2D eigenvalue weighted by Gasteiger charge is -2.22. The molecule has 0 aliphatic carbocycles. The number of hydrogen-bond donors (Lipinski definition) is 0. The average Bonchev–Trinajstić information content (AvgIpc) is 1.97. The van der Waals surface area contributed by atoms with Crippen LogP contribution in [0.3, 0.4) is 0 Å². The highest BCUT2D eigenvalue weighted by Gasteiger charge is 2.26. The zero-order valence-corrected chi connectivity index (χ0v) is 6.50. The zero-order chi connectivity index (χ0) is 9.14. The molecule has 0 aromatic heterocycles. The molecule has 65 valence electrons. The first-order valence-corrected chi connectivity index (χ1v) is 3.69. The van der Waals surface area contributed by atoms with Crippen molar-refractivity contribution >= 4 is 17.7 Å². The van der Waals surface area contributed by atoms with Crippen LogP contribution in [0.1, 0.15) is 19.3 Å². The van der Waals surface area contributed by atoms with Gasteiger partial charge in [-0.05, 0) is 6.42 Å². The fourth-order valence-electron chi connectivity index (χ4n) is 1.12. The van der Waals surface area contributed by atoms with Crippen LogP contribution in [0.15, 0.2) is 0 Å². The van der Waals surface area contributed by atoms with Gasteiger partial charge in [0.15, 0.2) is 0 Å². The van der Waals surface area contributed by atoms with E-state index in [0.29, 0.717) is 19.3 Å². The summed E-state index contributed by atoms with van der Waals surface area (Å²) in [7, 11) is 0. The first kappa shape index (κ1) is 8.70. The Morgan fingerprint density at radius 2 is 1.83 bits per heavy atom. The van der Waals surface area contributed by atoms with Crippen molar-refractivity contribution in [3.63, 3.8) is 0 Å². The number of amides is 3. The summed E-state index contributed by atoms with van der Waals surface area (Å²) in [5.74, 6) is -1.59. The van der Waals surface area contributed by atoms with E-state index in [1.165, 1.54) is 0 Å². The Kier molecular flexibility index (Phi) is 2.42.